The Kier molecular flexibility index (Phi) is 2.61. The molecule has 3 rings (SSSR count). The van der Waals surface area contributed by atoms with Gasteiger partial charge in [-0.1, -0.05) is 0 Å². The van der Waals surface area contributed by atoms with Crippen LogP contribution in [0.2, 0.25) is 0 Å². The van der Waals surface area contributed by atoms with Gasteiger partial charge in [-0.05, 0) is 29.8 Å². The number of hydrogen-bond acceptors (Lipinski definition) is 2. The van der Waals surface area contributed by atoms with Gasteiger partial charge in [0, 0.05) is 5.38 Å². The highest BCUT2D eigenvalue weighted by molar-refractivity contribution is 7.15. The van der Waals surface area contributed by atoms with E-state index in [1.54, 1.807) is 29.7 Å². The highest BCUT2D eigenvalue weighted by Gasteiger charge is 2.10. The van der Waals surface area contributed by atoms with Crippen LogP contribution in [-0.2, 0) is 5.88 Å². The van der Waals surface area contributed by atoms with Gasteiger partial charge >= 0.3 is 0 Å². The minimum absolute atomic E-state index is 0.233. The van der Waals surface area contributed by atoms with Crippen LogP contribution < -0.4 is 0 Å². The zero-order valence-electron chi connectivity index (χ0n) is 8.73. The maximum Gasteiger partial charge on any atom is 0.194 e. The fourth-order valence-electron chi connectivity index (χ4n) is 1.78. The van der Waals surface area contributed by atoms with Gasteiger partial charge < -0.3 is 0 Å². The van der Waals surface area contributed by atoms with Gasteiger partial charge in [0.25, 0.3) is 0 Å². The Morgan fingerprint density at radius 3 is 2.76 bits per heavy atom. The number of nitrogens with zero attached hydrogens (tertiary/aromatic N) is 2. The molecule has 0 aliphatic carbocycles. The van der Waals surface area contributed by atoms with Crippen molar-refractivity contribution < 1.29 is 4.39 Å². The molecule has 0 fully saturated rings. The fourth-order valence-corrected chi connectivity index (χ4v) is 2.86. The lowest BCUT2D eigenvalue weighted by Gasteiger charge is -2.02. The minimum Gasteiger partial charge on any atom is -0.286 e. The van der Waals surface area contributed by atoms with Crippen molar-refractivity contribution in [3.8, 4) is 11.3 Å². The summed E-state index contributed by atoms with van der Waals surface area (Å²) in [6.45, 7) is 0. The van der Waals surface area contributed by atoms with Crippen LogP contribution in [0.3, 0.4) is 0 Å². The molecule has 1 aromatic carbocycles. The summed E-state index contributed by atoms with van der Waals surface area (Å²) >= 11 is 7.42. The summed E-state index contributed by atoms with van der Waals surface area (Å²) in [5.74, 6) is 0.176. The van der Waals surface area contributed by atoms with E-state index in [0.717, 1.165) is 21.9 Å². The van der Waals surface area contributed by atoms with Crippen LogP contribution in [-0.4, -0.2) is 9.38 Å². The van der Waals surface area contributed by atoms with E-state index in [0.29, 0.717) is 5.88 Å². The number of aromatic nitrogens is 2. The molecule has 0 saturated carbocycles. The number of thiazole rings is 1. The van der Waals surface area contributed by atoms with Gasteiger partial charge in [-0.2, -0.15) is 0 Å². The number of rotatable bonds is 2. The van der Waals surface area contributed by atoms with Crippen molar-refractivity contribution in [1.29, 1.82) is 0 Å². The van der Waals surface area contributed by atoms with Gasteiger partial charge in [0.05, 0.1) is 23.5 Å². The zero-order valence-corrected chi connectivity index (χ0v) is 10.3. The quantitative estimate of drug-likeness (QED) is 0.642. The SMILES string of the molecule is Fc1ccc(-c2csc3ncc(CCl)n23)cc1. The molecule has 0 saturated heterocycles. The molecule has 0 bridgehead atoms. The molecule has 0 amide bonds. The predicted octanol–water partition coefficient (Wildman–Crippen LogP) is 3.94. The first-order valence-corrected chi connectivity index (χ1v) is 6.47. The molecule has 0 radical (unpaired) electrons. The van der Waals surface area contributed by atoms with Crippen LogP contribution in [0, 0.1) is 5.82 Å². The molecule has 2 aromatic heterocycles. The molecule has 0 atom stereocenters. The van der Waals surface area contributed by atoms with Crippen molar-refractivity contribution >= 4 is 27.9 Å². The smallest absolute Gasteiger partial charge is 0.194 e. The molecule has 0 aliphatic rings. The summed E-state index contributed by atoms with van der Waals surface area (Å²) in [5, 5.41) is 2.01. The molecule has 0 aliphatic heterocycles. The first kappa shape index (κ1) is 10.7. The Labute approximate surface area is 106 Å². The topological polar surface area (TPSA) is 17.3 Å². The third kappa shape index (κ3) is 1.73. The Morgan fingerprint density at radius 1 is 1.29 bits per heavy atom. The second-order valence-electron chi connectivity index (χ2n) is 3.63. The molecule has 86 valence electrons. The second-order valence-corrected chi connectivity index (χ2v) is 4.73. The molecule has 3 aromatic rings. The highest BCUT2D eigenvalue weighted by Crippen LogP contribution is 2.27. The summed E-state index contributed by atoms with van der Waals surface area (Å²) in [6.07, 6.45) is 1.77. The molecule has 0 spiro atoms. The van der Waals surface area contributed by atoms with Gasteiger partial charge in [0.1, 0.15) is 5.82 Å². The monoisotopic (exact) mass is 266 g/mol. The van der Waals surface area contributed by atoms with Gasteiger partial charge in [0.2, 0.25) is 0 Å². The first-order valence-electron chi connectivity index (χ1n) is 5.05. The van der Waals surface area contributed by atoms with Crippen molar-refractivity contribution in [3.05, 3.63) is 47.4 Å². The minimum atomic E-state index is -0.233. The van der Waals surface area contributed by atoms with Crippen LogP contribution in [0.5, 0.6) is 0 Å². The number of hydrogen-bond donors (Lipinski definition) is 0. The molecule has 0 N–H and O–H groups in total. The first-order chi connectivity index (χ1) is 8.29. The number of fused-ring (bicyclic) bond motifs is 1. The number of alkyl halides is 1. The maximum absolute atomic E-state index is 12.9. The number of halogens is 2. The summed E-state index contributed by atoms with van der Waals surface area (Å²) in [6, 6.07) is 6.43. The van der Waals surface area contributed by atoms with Crippen LogP contribution in [0.25, 0.3) is 16.2 Å². The van der Waals surface area contributed by atoms with E-state index >= 15 is 0 Å². The number of imidazole rings is 1. The molecule has 17 heavy (non-hydrogen) atoms. The number of benzene rings is 1. The normalized spacial score (nSPS) is 11.2. The lowest BCUT2D eigenvalue weighted by atomic mass is 10.2. The van der Waals surface area contributed by atoms with Crippen molar-refractivity contribution in [1.82, 2.24) is 9.38 Å². The molecular weight excluding hydrogens is 259 g/mol. The Balaban J connectivity index is 2.22. The summed E-state index contributed by atoms with van der Waals surface area (Å²) in [5.41, 5.74) is 2.91. The standard InChI is InChI=1S/C12H8ClFN2S/c13-5-10-6-15-12-16(10)11(7-17-12)8-1-3-9(14)4-2-8/h1-4,6-7H,5H2. The Bertz CT molecular complexity index is 657. The zero-order chi connectivity index (χ0) is 11.8. The summed E-state index contributed by atoms with van der Waals surface area (Å²) in [7, 11) is 0. The van der Waals surface area contributed by atoms with Gasteiger partial charge in [-0.15, -0.1) is 22.9 Å². The third-order valence-corrected chi connectivity index (χ3v) is 3.71. The van der Waals surface area contributed by atoms with E-state index in [1.165, 1.54) is 12.1 Å². The van der Waals surface area contributed by atoms with Crippen molar-refractivity contribution in [2.45, 2.75) is 5.88 Å². The maximum atomic E-state index is 12.9. The third-order valence-electron chi connectivity index (χ3n) is 2.60. The van der Waals surface area contributed by atoms with Gasteiger partial charge in [0.15, 0.2) is 4.96 Å². The van der Waals surface area contributed by atoms with E-state index < -0.39 is 0 Å². The Morgan fingerprint density at radius 2 is 2.06 bits per heavy atom. The summed E-state index contributed by atoms with van der Waals surface area (Å²) in [4.78, 5) is 5.18. The largest absolute Gasteiger partial charge is 0.286 e. The molecule has 5 heteroatoms. The van der Waals surface area contributed by atoms with Crippen molar-refractivity contribution in [2.24, 2.45) is 0 Å². The van der Waals surface area contributed by atoms with Gasteiger partial charge in [-0.3, -0.25) is 4.40 Å². The molecule has 0 unspecified atom stereocenters. The van der Waals surface area contributed by atoms with Crippen molar-refractivity contribution in [2.75, 3.05) is 0 Å². The average Bonchev–Trinajstić information content (AvgIpc) is 2.91. The van der Waals surface area contributed by atoms with Crippen LogP contribution in [0.15, 0.2) is 35.8 Å². The predicted molar refractivity (Wildman–Crippen MR) is 68.0 cm³/mol. The Hall–Kier alpha value is -1.39. The van der Waals surface area contributed by atoms with E-state index in [-0.39, 0.29) is 5.82 Å². The van der Waals surface area contributed by atoms with Crippen LogP contribution in [0.1, 0.15) is 5.69 Å². The average molecular weight is 267 g/mol. The lowest BCUT2D eigenvalue weighted by molar-refractivity contribution is 0.628. The second kappa shape index (κ2) is 4.13. The van der Waals surface area contributed by atoms with Crippen LogP contribution in [0.4, 0.5) is 4.39 Å². The lowest BCUT2D eigenvalue weighted by Crippen LogP contribution is -1.90. The van der Waals surface area contributed by atoms with Crippen molar-refractivity contribution in [3.63, 3.8) is 0 Å². The summed E-state index contributed by atoms with van der Waals surface area (Å²) < 4.78 is 14.9. The van der Waals surface area contributed by atoms with Gasteiger partial charge in [-0.25, -0.2) is 9.37 Å². The van der Waals surface area contributed by atoms with E-state index in [1.807, 2.05) is 9.78 Å². The molecule has 2 heterocycles. The van der Waals surface area contributed by atoms with Crippen LogP contribution >= 0.6 is 22.9 Å². The van der Waals surface area contributed by atoms with E-state index in [9.17, 15) is 4.39 Å². The molecular formula is C12H8ClFN2S. The fraction of sp³-hybridized carbons (Fsp3) is 0.0833. The van der Waals surface area contributed by atoms with E-state index in [2.05, 4.69) is 4.98 Å². The van der Waals surface area contributed by atoms with E-state index in [4.69, 9.17) is 11.6 Å². The highest BCUT2D eigenvalue weighted by atomic mass is 35.5. The molecule has 2 nitrogen and oxygen atoms in total.